The summed E-state index contributed by atoms with van der Waals surface area (Å²) < 4.78 is 25.1. The Balaban J connectivity index is 1.46. The number of methoxy groups -OCH3 is 1. The zero-order chi connectivity index (χ0) is 37.6. The van der Waals surface area contributed by atoms with Crippen LogP contribution in [-0.2, 0) is 32.6 Å². The summed E-state index contributed by atoms with van der Waals surface area (Å²) in [5.74, 6) is -0.649. The maximum absolute atomic E-state index is 14.1. The molecule has 2 aromatic heterocycles. The van der Waals surface area contributed by atoms with Crippen molar-refractivity contribution < 1.29 is 37.8 Å². The number of nitrogens with one attached hydrogen (secondary N) is 3. The molecule has 53 heavy (non-hydrogen) atoms. The van der Waals surface area contributed by atoms with E-state index in [0.29, 0.717) is 23.7 Å². The molecule has 13 heteroatoms. The maximum atomic E-state index is 14.1. The van der Waals surface area contributed by atoms with Crippen LogP contribution in [0.2, 0.25) is 0 Å². The number of rotatable bonds is 11. The molecule has 2 amide bonds. The number of aryl methyl sites for hydroxylation is 1. The van der Waals surface area contributed by atoms with Crippen molar-refractivity contribution in [2.75, 3.05) is 12.4 Å². The molecule has 1 unspecified atom stereocenters. The van der Waals surface area contributed by atoms with Crippen LogP contribution >= 0.6 is 0 Å². The third-order valence-electron chi connectivity index (χ3n) is 10.5. The van der Waals surface area contributed by atoms with Crippen LogP contribution in [-0.4, -0.2) is 58.3 Å². The molecule has 13 nitrogen and oxygen atoms in total. The number of para-hydroxylation sites is 1. The van der Waals surface area contributed by atoms with Crippen molar-refractivity contribution >= 4 is 23.5 Å². The van der Waals surface area contributed by atoms with Crippen molar-refractivity contribution in [3.05, 3.63) is 82.3 Å². The Hall–Kier alpha value is -5.17. The van der Waals surface area contributed by atoms with Gasteiger partial charge < -0.3 is 39.4 Å². The molecular formula is C40H47N5O8. The quantitative estimate of drug-likeness (QED) is 0.112. The lowest BCUT2D eigenvalue weighted by Crippen LogP contribution is -2.52. The van der Waals surface area contributed by atoms with Gasteiger partial charge in [0.05, 0.1) is 7.11 Å². The number of ether oxygens (including phenoxy) is 2. The highest BCUT2D eigenvalue weighted by atomic mass is 16.5. The zero-order valence-corrected chi connectivity index (χ0v) is 30.9. The van der Waals surface area contributed by atoms with Crippen molar-refractivity contribution in [2.45, 2.75) is 103 Å². The van der Waals surface area contributed by atoms with E-state index in [1.807, 2.05) is 56.3 Å². The number of nitrogens with zero attached hydrogens (tertiary/aromatic N) is 2. The van der Waals surface area contributed by atoms with E-state index in [2.05, 4.69) is 22.9 Å². The SMILES string of the molecule is CCCCCCc1oc(-c2nc3oc2[C@@]24c5ccccc5NC2Oc2ccc(cc24)C[C@H](NC(=O)[C@@H](O)C(C)C)C(=O)N[C@H]3C(C)C)nc1C(=O)OC. The number of hydrogen-bond acceptors (Lipinski definition) is 11. The van der Waals surface area contributed by atoms with Crippen LogP contribution in [0.3, 0.4) is 0 Å². The van der Waals surface area contributed by atoms with Gasteiger partial charge in [-0.15, -0.1) is 0 Å². The zero-order valence-electron chi connectivity index (χ0n) is 30.9. The topological polar surface area (TPSA) is 178 Å². The number of anilines is 1. The Morgan fingerprint density at radius 2 is 1.83 bits per heavy atom. The number of fused-ring (bicyclic) bond motifs is 4. The fourth-order valence-corrected chi connectivity index (χ4v) is 7.60. The van der Waals surface area contributed by atoms with Crippen LogP contribution in [0.5, 0.6) is 5.75 Å². The highest BCUT2D eigenvalue weighted by Crippen LogP contribution is 2.59. The van der Waals surface area contributed by atoms with E-state index in [1.165, 1.54) is 7.11 Å². The average Bonchev–Trinajstić information content (AvgIpc) is 3.90. The molecule has 5 atom stereocenters. The molecule has 0 saturated carbocycles. The summed E-state index contributed by atoms with van der Waals surface area (Å²) in [4.78, 5) is 50.1. The summed E-state index contributed by atoms with van der Waals surface area (Å²) in [6.07, 6.45) is 2.52. The number of carbonyl (C=O) groups excluding carboxylic acids is 3. The van der Waals surface area contributed by atoms with Gasteiger partial charge in [0.15, 0.2) is 23.4 Å². The van der Waals surface area contributed by atoms with E-state index in [1.54, 1.807) is 13.8 Å². The van der Waals surface area contributed by atoms with Crippen LogP contribution in [0.1, 0.15) is 111 Å². The molecule has 2 aromatic carbocycles. The predicted molar refractivity (Wildman–Crippen MR) is 194 cm³/mol. The van der Waals surface area contributed by atoms with Gasteiger partial charge in [0.25, 0.3) is 0 Å². The second kappa shape index (κ2) is 14.3. The Morgan fingerprint density at radius 1 is 1.04 bits per heavy atom. The van der Waals surface area contributed by atoms with E-state index in [4.69, 9.17) is 28.3 Å². The lowest BCUT2D eigenvalue weighted by molar-refractivity contribution is -0.135. The molecule has 4 N–H and O–H groups in total. The Morgan fingerprint density at radius 3 is 2.57 bits per heavy atom. The average molecular weight is 726 g/mol. The monoisotopic (exact) mass is 725 g/mol. The molecule has 0 saturated heterocycles. The van der Waals surface area contributed by atoms with Gasteiger partial charge in [0.2, 0.25) is 23.6 Å². The number of unbranched alkanes of at least 4 members (excludes halogenated alkanes) is 3. The maximum Gasteiger partial charge on any atom is 0.360 e. The number of aliphatic hydroxyl groups is 1. The number of esters is 1. The van der Waals surface area contributed by atoms with Crippen LogP contribution in [0, 0.1) is 11.8 Å². The van der Waals surface area contributed by atoms with Gasteiger partial charge in [0.1, 0.15) is 35.1 Å². The van der Waals surface area contributed by atoms with E-state index < -0.39 is 47.6 Å². The summed E-state index contributed by atoms with van der Waals surface area (Å²) in [5, 5.41) is 20.0. The number of oxazole rings is 2. The summed E-state index contributed by atoms with van der Waals surface area (Å²) >= 11 is 0. The Labute approximate surface area is 308 Å². The molecule has 280 valence electrons. The number of aromatic nitrogens is 2. The summed E-state index contributed by atoms with van der Waals surface area (Å²) in [5.41, 5.74) is 2.45. The van der Waals surface area contributed by atoms with Crippen molar-refractivity contribution in [3.63, 3.8) is 0 Å². The molecule has 4 bridgehead atoms. The Bertz CT molecular complexity index is 2030. The lowest BCUT2D eigenvalue weighted by Gasteiger charge is -2.29. The molecule has 0 aliphatic carbocycles. The van der Waals surface area contributed by atoms with Gasteiger partial charge in [0, 0.05) is 24.1 Å². The molecule has 0 fully saturated rings. The predicted octanol–water partition coefficient (Wildman–Crippen LogP) is 5.59. The molecule has 4 aromatic rings. The minimum Gasteiger partial charge on any atom is -0.469 e. The first-order chi connectivity index (χ1) is 25.5. The molecule has 0 radical (unpaired) electrons. The standard InChI is InChI=1S/C40H47N5O8/c1-7-8-9-10-15-28-30(38(49)50-6)44-37(51-28)31-33-40-23-13-11-12-14-25(23)42-39(40)52-27-17-16-22(18-24(27)40)19-26(41-35(48)32(46)21(4)5)34(47)43-29(20(2)3)36(45-31)53-33/h11-14,16-18,20-21,26,29,32,39,42,46H,7-10,15,19H2,1-6H3,(H,41,48)(H,43,47)/t26-,29-,32-,39?,40-/m0/s1. The number of hydrogen-bond donors (Lipinski definition) is 4. The number of aliphatic hydroxyl groups excluding tert-OH is 1. The van der Waals surface area contributed by atoms with Gasteiger partial charge in [-0.05, 0) is 41.5 Å². The first-order valence-electron chi connectivity index (χ1n) is 18.5. The summed E-state index contributed by atoms with van der Waals surface area (Å²) in [7, 11) is 1.31. The lowest BCUT2D eigenvalue weighted by atomic mass is 9.72. The molecule has 5 heterocycles. The second-order valence-corrected chi connectivity index (χ2v) is 14.8. The van der Waals surface area contributed by atoms with Crippen LogP contribution in [0.15, 0.2) is 51.3 Å². The fourth-order valence-electron chi connectivity index (χ4n) is 7.60. The molecular weight excluding hydrogens is 678 g/mol. The normalized spacial score (nSPS) is 21.8. The van der Waals surface area contributed by atoms with Crippen LogP contribution in [0.25, 0.3) is 11.6 Å². The minimum absolute atomic E-state index is 0.0765. The smallest absolute Gasteiger partial charge is 0.360 e. The highest BCUT2D eigenvalue weighted by Gasteiger charge is 2.61. The number of amides is 2. The van der Waals surface area contributed by atoms with E-state index in [-0.39, 0.29) is 41.4 Å². The Kier molecular flexibility index (Phi) is 9.79. The van der Waals surface area contributed by atoms with Gasteiger partial charge >= 0.3 is 5.97 Å². The molecule has 3 aliphatic heterocycles. The first kappa shape index (κ1) is 36.2. The first-order valence-corrected chi connectivity index (χ1v) is 18.5. The van der Waals surface area contributed by atoms with Crippen molar-refractivity contribution in [1.29, 1.82) is 0 Å². The van der Waals surface area contributed by atoms with Gasteiger partial charge in [-0.3, -0.25) is 9.59 Å². The molecule has 7 rings (SSSR count). The van der Waals surface area contributed by atoms with Gasteiger partial charge in [-0.2, -0.15) is 0 Å². The van der Waals surface area contributed by atoms with Gasteiger partial charge in [-0.1, -0.05) is 84.2 Å². The van der Waals surface area contributed by atoms with Gasteiger partial charge in [-0.25, -0.2) is 14.8 Å². The van der Waals surface area contributed by atoms with Crippen molar-refractivity contribution in [1.82, 2.24) is 20.6 Å². The summed E-state index contributed by atoms with van der Waals surface area (Å²) in [6, 6.07) is 11.8. The third-order valence-corrected chi connectivity index (χ3v) is 10.5. The van der Waals surface area contributed by atoms with Crippen LogP contribution < -0.4 is 20.7 Å². The highest BCUT2D eigenvalue weighted by molar-refractivity contribution is 5.90. The van der Waals surface area contributed by atoms with E-state index >= 15 is 0 Å². The molecule has 1 spiro atoms. The second-order valence-electron chi connectivity index (χ2n) is 14.8. The fraction of sp³-hybridized carbons (Fsp3) is 0.475. The summed E-state index contributed by atoms with van der Waals surface area (Å²) in [6.45, 7) is 9.46. The van der Waals surface area contributed by atoms with Crippen molar-refractivity contribution in [3.8, 4) is 17.3 Å². The van der Waals surface area contributed by atoms with E-state index in [0.717, 1.165) is 48.1 Å². The number of benzene rings is 2. The van der Waals surface area contributed by atoms with E-state index in [9.17, 15) is 19.5 Å². The number of carbonyl (C=O) groups is 3. The minimum atomic E-state index is -1.30. The van der Waals surface area contributed by atoms with Crippen LogP contribution in [0.4, 0.5) is 5.69 Å². The largest absolute Gasteiger partial charge is 0.469 e. The molecule has 3 aliphatic rings. The van der Waals surface area contributed by atoms with Crippen molar-refractivity contribution in [2.24, 2.45) is 11.8 Å². The third kappa shape index (κ3) is 6.24.